The molecule has 2 amide bonds. The lowest BCUT2D eigenvalue weighted by Crippen LogP contribution is -2.52. The zero-order valence-electron chi connectivity index (χ0n) is 13.7. The zero-order chi connectivity index (χ0) is 15.9. The van der Waals surface area contributed by atoms with Crippen LogP contribution in [-0.4, -0.2) is 30.4 Å². The third kappa shape index (κ3) is 6.20. The Labute approximate surface area is 144 Å². The molecule has 6 heteroatoms. The number of amides is 2. The van der Waals surface area contributed by atoms with Gasteiger partial charge in [0.15, 0.2) is 0 Å². The van der Waals surface area contributed by atoms with Crippen molar-refractivity contribution in [2.24, 2.45) is 0 Å². The summed E-state index contributed by atoms with van der Waals surface area (Å²) in [5.74, 6) is -0.155. The molecule has 1 aliphatic heterocycles. The summed E-state index contributed by atoms with van der Waals surface area (Å²) in [6, 6.07) is 9.76. The van der Waals surface area contributed by atoms with Crippen LogP contribution < -0.4 is 16.0 Å². The first-order valence-corrected chi connectivity index (χ1v) is 7.91. The Morgan fingerprint density at radius 3 is 2.61 bits per heavy atom. The molecule has 5 nitrogen and oxygen atoms in total. The van der Waals surface area contributed by atoms with E-state index < -0.39 is 0 Å². The van der Waals surface area contributed by atoms with Gasteiger partial charge in [0.05, 0.1) is 12.5 Å². The molecule has 3 atom stereocenters. The van der Waals surface area contributed by atoms with Gasteiger partial charge in [-0.25, -0.2) is 0 Å². The van der Waals surface area contributed by atoms with Crippen molar-refractivity contribution < 1.29 is 9.59 Å². The van der Waals surface area contributed by atoms with E-state index in [0.29, 0.717) is 0 Å². The van der Waals surface area contributed by atoms with Crippen LogP contribution in [0.25, 0.3) is 0 Å². The van der Waals surface area contributed by atoms with E-state index in [1.165, 1.54) is 6.92 Å². The second-order valence-corrected chi connectivity index (χ2v) is 5.93. The Bertz CT molecular complexity index is 510. The zero-order valence-corrected chi connectivity index (χ0v) is 14.5. The molecule has 1 aromatic carbocycles. The number of carbonyl (C=O) groups is 2. The maximum atomic E-state index is 12.3. The molecule has 3 N–H and O–H groups in total. The standard InChI is InChI=1S/C17H25N3O2.ClH/c1-12-15(9-6-10-18-12)20-17(22)11-16(19-13(2)21)14-7-4-3-5-8-14;/h3-5,7-8,12,15-16,18H,6,9-11H2,1-2H3,(H,19,21)(H,20,22);1H. The van der Waals surface area contributed by atoms with Gasteiger partial charge in [-0.2, -0.15) is 0 Å². The molecule has 0 aromatic heterocycles. The molecule has 1 fully saturated rings. The Morgan fingerprint density at radius 1 is 1.30 bits per heavy atom. The van der Waals surface area contributed by atoms with Gasteiger partial charge in [0.1, 0.15) is 0 Å². The number of halogens is 1. The second kappa shape index (κ2) is 9.53. The van der Waals surface area contributed by atoms with E-state index in [1.807, 2.05) is 30.3 Å². The Balaban J connectivity index is 0.00000264. The number of nitrogens with one attached hydrogen (secondary N) is 3. The Morgan fingerprint density at radius 2 is 2.00 bits per heavy atom. The molecule has 1 aromatic rings. The highest BCUT2D eigenvalue weighted by molar-refractivity contribution is 5.85. The molecule has 3 unspecified atom stereocenters. The quantitative estimate of drug-likeness (QED) is 0.767. The van der Waals surface area contributed by atoms with Crippen molar-refractivity contribution in [2.75, 3.05) is 6.54 Å². The van der Waals surface area contributed by atoms with Gasteiger partial charge in [-0.15, -0.1) is 12.4 Å². The Hall–Kier alpha value is -1.59. The molecule has 1 aliphatic rings. The van der Waals surface area contributed by atoms with Gasteiger partial charge < -0.3 is 16.0 Å². The first-order valence-electron chi connectivity index (χ1n) is 7.91. The van der Waals surface area contributed by atoms with Crippen molar-refractivity contribution in [3.63, 3.8) is 0 Å². The van der Waals surface area contributed by atoms with E-state index in [-0.39, 0.29) is 48.8 Å². The second-order valence-electron chi connectivity index (χ2n) is 5.93. The SMILES string of the molecule is CC(=O)NC(CC(=O)NC1CCCNC1C)c1ccccc1.Cl. The van der Waals surface area contributed by atoms with Gasteiger partial charge >= 0.3 is 0 Å². The van der Waals surface area contributed by atoms with E-state index in [0.717, 1.165) is 24.9 Å². The molecule has 0 saturated carbocycles. The Kier molecular flexibility index (Phi) is 8.06. The maximum absolute atomic E-state index is 12.3. The highest BCUT2D eigenvalue weighted by atomic mass is 35.5. The fourth-order valence-corrected chi connectivity index (χ4v) is 2.88. The summed E-state index contributed by atoms with van der Waals surface area (Å²) in [5.41, 5.74) is 0.947. The van der Waals surface area contributed by atoms with Gasteiger partial charge in [-0.1, -0.05) is 30.3 Å². The third-order valence-corrected chi connectivity index (χ3v) is 4.08. The van der Waals surface area contributed by atoms with Crippen LogP contribution in [-0.2, 0) is 9.59 Å². The monoisotopic (exact) mass is 339 g/mol. The molecule has 23 heavy (non-hydrogen) atoms. The van der Waals surface area contributed by atoms with E-state index in [9.17, 15) is 9.59 Å². The summed E-state index contributed by atoms with van der Waals surface area (Å²) in [6.45, 7) is 4.57. The summed E-state index contributed by atoms with van der Waals surface area (Å²) < 4.78 is 0. The van der Waals surface area contributed by atoms with Crippen molar-refractivity contribution in [3.8, 4) is 0 Å². The molecule has 0 radical (unpaired) electrons. The number of piperidine rings is 1. The average molecular weight is 340 g/mol. The number of hydrogen-bond donors (Lipinski definition) is 3. The smallest absolute Gasteiger partial charge is 0.222 e. The molecular formula is C17H26ClN3O2. The highest BCUT2D eigenvalue weighted by Gasteiger charge is 2.24. The summed E-state index contributed by atoms with van der Waals surface area (Å²) in [6.07, 6.45) is 2.33. The number of rotatable bonds is 5. The number of benzene rings is 1. The van der Waals surface area contributed by atoms with Crippen molar-refractivity contribution in [1.29, 1.82) is 0 Å². The lowest BCUT2D eigenvalue weighted by atomic mass is 9.98. The minimum Gasteiger partial charge on any atom is -0.352 e. The minimum absolute atomic E-state index is 0. The molecule has 1 saturated heterocycles. The normalized spacial score (nSPS) is 21.7. The van der Waals surface area contributed by atoms with E-state index in [4.69, 9.17) is 0 Å². The number of hydrogen-bond acceptors (Lipinski definition) is 3. The summed E-state index contributed by atoms with van der Waals surface area (Å²) in [4.78, 5) is 23.7. The summed E-state index contributed by atoms with van der Waals surface area (Å²) in [5, 5.41) is 9.32. The van der Waals surface area contributed by atoms with Crippen molar-refractivity contribution in [2.45, 2.75) is 51.2 Å². The molecule has 0 bridgehead atoms. The van der Waals surface area contributed by atoms with Crippen LogP contribution in [0, 0.1) is 0 Å². The van der Waals surface area contributed by atoms with Gasteiger partial charge in [0, 0.05) is 19.0 Å². The van der Waals surface area contributed by atoms with Crippen LogP contribution in [0.3, 0.4) is 0 Å². The molecular weight excluding hydrogens is 314 g/mol. The van der Waals surface area contributed by atoms with Crippen LogP contribution in [0.15, 0.2) is 30.3 Å². The van der Waals surface area contributed by atoms with Gasteiger partial charge in [0.25, 0.3) is 0 Å². The van der Waals surface area contributed by atoms with Crippen LogP contribution in [0.5, 0.6) is 0 Å². The van der Waals surface area contributed by atoms with E-state index >= 15 is 0 Å². The largest absolute Gasteiger partial charge is 0.352 e. The first kappa shape index (κ1) is 19.5. The number of carbonyl (C=O) groups excluding carboxylic acids is 2. The fourth-order valence-electron chi connectivity index (χ4n) is 2.88. The maximum Gasteiger partial charge on any atom is 0.222 e. The van der Waals surface area contributed by atoms with Crippen LogP contribution in [0.4, 0.5) is 0 Å². The van der Waals surface area contributed by atoms with Crippen LogP contribution in [0.2, 0.25) is 0 Å². The van der Waals surface area contributed by atoms with Gasteiger partial charge in [0.2, 0.25) is 11.8 Å². The lowest BCUT2D eigenvalue weighted by Gasteiger charge is -2.31. The van der Waals surface area contributed by atoms with Crippen LogP contribution >= 0.6 is 12.4 Å². The van der Waals surface area contributed by atoms with Crippen molar-refractivity contribution >= 4 is 24.2 Å². The van der Waals surface area contributed by atoms with Crippen molar-refractivity contribution in [1.82, 2.24) is 16.0 Å². The summed E-state index contributed by atoms with van der Waals surface area (Å²) >= 11 is 0. The average Bonchev–Trinajstić information content (AvgIpc) is 2.49. The third-order valence-electron chi connectivity index (χ3n) is 4.08. The molecule has 0 spiro atoms. The topological polar surface area (TPSA) is 70.2 Å². The molecule has 0 aliphatic carbocycles. The van der Waals surface area contributed by atoms with Crippen molar-refractivity contribution in [3.05, 3.63) is 35.9 Å². The molecule has 128 valence electrons. The summed E-state index contributed by atoms with van der Waals surface area (Å²) in [7, 11) is 0. The molecule has 2 rings (SSSR count). The minimum atomic E-state index is -0.287. The first-order chi connectivity index (χ1) is 10.6. The fraction of sp³-hybridized carbons (Fsp3) is 0.529. The van der Waals surface area contributed by atoms with Gasteiger partial charge in [-0.05, 0) is 31.9 Å². The predicted molar refractivity (Wildman–Crippen MR) is 93.5 cm³/mol. The highest BCUT2D eigenvalue weighted by Crippen LogP contribution is 2.17. The van der Waals surface area contributed by atoms with E-state index in [1.54, 1.807) is 0 Å². The molecule has 1 heterocycles. The lowest BCUT2D eigenvalue weighted by molar-refractivity contribution is -0.123. The predicted octanol–water partition coefficient (Wildman–Crippen LogP) is 1.93. The van der Waals surface area contributed by atoms with Gasteiger partial charge in [-0.3, -0.25) is 9.59 Å². The van der Waals surface area contributed by atoms with E-state index in [2.05, 4.69) is 22.9 Å². The van der Waals surface area contributed by atoms with Crippen LogP contribution in [0.1, 0.15) is 44.7 Å².